The summed E-state index contributed by atoms with van der Waals surface area (Å²) in [6, 6.07) is -0.00715. The number of carbonyl (C=O) groups is 1. The molecule has 92 valence electrons. The van der Waals surface area contributed by atoms with Crippen molar-refractivity contribution in [1.29, 1.82) is 0 Å². The first-order chi connectivity index (χ1) is 7.56. The molecule has 2 N–H and O–H groups in total. The van der Waals surface area contributed by atoms with E-state index in [1.807, 2.05) is 4.90 Å². The third-order valence-corrected chi connectivity index (χ3v) is 3.84. The van der Waals surface area contributed by atoms with Gasteiger partial charge in [0.2, 0.25) is 5.91 Å². The Balaban J connectivity index is 2.18. The maximum absolute atomic E-state index is 12.3. The fourth-order valence-corrected chi connectivity index (χ4v) is 2.99. The van der Waals surface area contributed by atoms with Crippen LogP contribution < -0.4 is 5.32 Å². The Bertz CT molecular complexity index is 272. The highest BCUT2D eigenvalue weighted by Crippen LogP contribution is 2.31. The molecule has 1 saturated heterocycles. The lowest BCUT2D eigenvalue weighted by atomic mass is 9.94. The second kappa shape index (κ2) is 4.34. The van der Waals surface area contributed by atoms with E-state index in [1.165, 1.54) is 12.8 Å². The van der Waals surface area contributed by atoms with E-state index >= 15 is 0 Å². The summed E-state index contributed by atoms with van der Waals surface area (Å²) in [7, 11) is 0. The highest BCUT2D eigenvalue weighted by molar-refractivity contribution is 5.84. The smallest absolute Gasteiger partial charge is 0.242 e. The summed E-state index contributed by atoms with van der Waals surface area (Å²) in [5.41, 5.74) is -0.127. The zero-order chi connectivity index (χ0) is 11.8. The molecule has 0 aromatic rings. The van der Waals surface area contributed by atoms with Gasteiger partial charge in [0.1, 0.15) is 6.04 Å². The highest BCUT2D eigenvalue weighted by Gasteiger charge is 2.43. The summed E-state index contributed by atoms with van der Waals surface area (Å²) in [4.78, 5) is 14.3. The number of hydrogen-bond donors (Lipinski definition) is 2. The topological polar surface area (TPSA) is 52.6 Å². The largest absolute Gasteiger partial charge is 0.394 e. The predicted octanol–water partition coefficient (Wildman–Crippen LogP) is 0.500. The molecule has 1 unspecified atom stereocenters. The molecular weight excluding hydrogens is 204 g/mol. The van der Waals surface area contributed by atoms with Crippen LogP contribution in [0.1, 0.15) is 39.5 Å². The summed E-state index contributed by atoms with van der Waals surface area (Å²) in [6.07, 6.45) is 4.68. The van der Waals surface area contributed by atoms with E-state index in [9.17, 15) is 9.90 Å². The third-order valence-electron chi connectivity index (χ3n) is 3.84. The number of amides is 1. The van der Waals surface area contributed by atoms with Gasteiger partial charge in [-0.05, 0) is 26.7 Å². The Morgan fingerprint density at radius 1 is 1.44 bits per heavy atom. The first-order valence-electron chi connectivity index (χ1n) is 6.23. The second-order valence-electron chi connectivity index (χ2n) is 5.58. The van der Waals surface area contributed by atoms with Gasteiger partial charge in [-0.2, -0.15) is 0 Å². The number of nitrogens with zero attached hydrogens (tertiary/aromatic N) is 1. The van der Waals surface area contributed by atoms with Gasteiger partial charge in [-0.25, -0.2) is 0 Å². The van der Waals surface area contributed by atoms with Crippen molar-refractivity contribution in [2.75, 3.05) is 13.2 Å². The summed E-state index contributed by atoms with van der Waals surface area (Å²) in [6.45, 7) is 4.87. The lowest BCUT2D eigenvalue weighted by Gasteiger charge is -2.48. The Kier molecular flexibility index (Phi) is 3.22. The van der Waals surface area contributed by atoms with Crippen LogP contribution in [0.5, 0.6) is 0 Å². The van der Waals surface area contributed by atoms with E-state index in [1.54, 1.807) is 0 Å². The highest BCUT2D eigenvalue weighted by atomic mass is 16.3. The first kappa shape index (κ1) is 11.9. The molecule has 1 atom stereocenters. The first-order valence-corrected chi connectivity index (χ1v) is 6.23. The molecule has 2 fully saturated rings. The molecule has 0 aromatic heterocycles. The number of aliphatic hydroxyl groups excluding tert-OH is 1. The van der Waals surface area contributed by atoms with Gasteiger partial charge in [0.15, 0.2) is 0 Å². The van der Waals surface area contributed by atoms with E-state index in [-0.39, 0.29) is 18.1 Å². The van der Waals surface area contributed by atoms with Gasteiger partial charge in [-0.3, -0.25) is 4.79 Å². The summed E-state index contributed by atoms with van der Waals surface area (Å²) in [5, 5.41) is 12.3. The van der Waals surface area contributed by atoms with Crippen LogP contribution in [-0.2, 0) is 4.79 Å². The average molecular weight is 226 g/mol. The van der Waals surface area contributed by atoms with Gasteiger partial charge in [0.05, 0.1) is 12.1 Å². The Hall–Kier alpha value is -0.610. The minimum Gasteiger partial charge on any atom is -0.394 e. The van der Waals surface area contributed by atoms with Crippen LogP contribution in [0.15, 0.2) is 0 Å². The van der Waals surface area contributed by atoms with Crippen LogP contribution in [-0.4, -0.2) is 46.7 Å². The number of carbonyl (C=O) groups excluding carboxylic acids is 1. The minimum atomic E-state index is -0.395. The predicted molar refractivity (Wildman–Crippen MR) is 62.1 cm³/mol. The zero-order valence-electron chi connectivity index (χ0n) is 10.2. The molecule has 2 aliphatic rings. The molecule has 0 aromatic carbocycles. The van der Waals surface area contributed by atoms with E-state index in [0.717, 1.165) is 19.4 Å². The van der Waals surface area contributed by atoms with Crippen LogP contribution in [0, 0.1) is 0 Å². The molecule has 1 aliphatic carbocycles. The summed E-state index contributed by atoms with van der Waals surface area (Å²) >= 11 is 0. The van der Waals surface area contributed by atoms with Crippen LogP contribution in [0.3, 0.4) is 0 Å². The molecule has 1 amide bonds. The Morgan fingerprint density at radius 2 is 2.06 bits per heavy atom. The summed E-state index contributed by atoms with van der Waals surface area (Å²) in [5.74, 6) is 0.0747. The molecule has 4 nitrogen and oxygen atoms in total. The van der Waals surface area contributed by atoms with Crippen LogP contribution in [0.4, 0.5) is 0 Å². The molecule has 0 spiro atoms. The van der Waals surface area contributed by atoms with Gasteiger partial charge in [0.25, 0.3) is 0 Å². The minimum absolute atomic E-state index is 0.0747. The van der Waals surface area contributed by atoms with Gasteiger partial charge < -0.3 is 15.3 Å². The maximum atomic E-state index is 12.3. The summed E-state index contributed by atoms with van der Waals surface area (Å²) < 4.78 is 0. The normalized spacial score (nSPS) is 31.1. The van der Waals surface area contributed by atoms with Crippen LogP contribution in [0.25, 0.3) is 0 Å². The standard InChI is InChI=1S/C12H22N2O2/c1-12(2)8-13-10(7-15)11(16)14(12)9-5-3-4-6-9/h9-10,13,15H,3-8H2,1-2H3. The Morgan fingerprint density at radius 3 is 2.62 bits per heavy atom. The van der Waals surface area contributed by atoms with Crippen molar-refractivity contribution in [3.63, 3.8) is 0 Å². The monoisotopic (exact) mass is 226 g/mol. The van der Waals surface area contributed by atoms with Crippen molar-refractivity contribution >= 4 is 5.91 Å². The van der Waals surface area contributed by atoms with E-state index < -0.39 is 6.04 Å². The maximum Gasteiger partial charge on any atom is 0.242 e. The Labute approximate surface area is 97.0 Å². The number of aliphatic hydroxyl groups is 1. The number of hydrogen-bond acceptors (Lipinski definition) is 3. The van der Waals surface area contributed by atoms with Crippen molar-refractivity contribution in [2.24, 2.45) is 0 Å². The van der Waals surface area contributed by atoms with E-state index in [0.29, 0.717) is 6.04 Å². The third kappa shape index (κ3) is 1.96. The molecule has 16 heavy (non-hydrogen) atoms. The van der Waals surface area contributed by atoms with Crippen molar-refractivity contribution in [2.45, 2.75) is 57.2 Å². The molecule has 1 saturated carbocycles. The lowest BCUT2D eigenvalue weighted by Crippen LogP contribution is -2.68. The van der Waals surface area contributed by atoms with Gasteiger partial charge in [-0.15, -0.1) is 0 Å². The fraction of sp³-hybridized carbons (Fsp3) is 0.917. The average Bonchev–Trinajstić information content (AvgIpc) is 2.70. The molecule has 0 radical (unpaired) electrons. The van der Waals surface area contributed by atoms with Gasteiger partial charge >= 0.3 is 0 Å². The number of nitrogens with one attached hydrogen (secondary N) is 1. The molecule has 0 bridgehead atoms. The van der Waals surface area contributed by atoms with Crippen molar-refractivity contribution in [1.82, 2.24) is 10.2 Å². The van der Waals surface area contributed by atoms with Gasteiger partial charge in [-0.1, -0.05) is 12.8 Å². The number of rotatable bonds is 2. The van der Waals surface area contributed by atoms with Crippen LogP contribution >= 0.6 is 0 Å². The molecule has 4 heteroatoms. The van der Waals surface area contributed by atoms with Crippen molar-refractivity contribution < 1.29 is 9.90 Å². The zero-order valence-corrected chi connectivity index (χ0v) is 10.2. The lowest BCUT2D eigenvalue weighted by molar-refractivity contribution is -0.147. The SMILES string of the molecule is CC1(C)CNC(CO)C(=O)N1C1CCCC1. The number of piperazine rings is 1. The van der Waals surface area contributed by atoms with Crippen molar-refractivity contribution in [3.05, 3.63) is 0 Å². The second-order valence-corrected chi connectivity index (χ2v) is 5.58. The molecule has 2 rings (SSSR count). The molecular formula is C12H22N2O2. The van der Waals surface area contributed by atoms with Crippen molar-refractivity contribution in [3.8, 4) is 0 Å². The van der Waals surface area contributed by atoms with Crippen LogP contribution in [0.2, 0.25) is 0 Å². The van der Waals surface area contributed by atoms with E-state index in [2.05, 4.69) is 19.2 Å². The molecule has 1 aliphatic heterocycles. The molecule has 1 heterocycles. The fourth-order valence-electron chi connectivity index (χ4n) is 2.99. The van der Waals surface area contributed by atoms with E-state index in [4.69, 9.17) is 0 Å². The quantitative estimate of drug-likeness (QED) is 0.721. The van der Waals surface area contributed by atoms with Gasteiger partial charge in [0, 0.05) is 12.6 Å².